The zero-order valence-electron chi connectivity index (χ0n) is 11.9. The van der Waals surface area contributed by atoms with Crippen LogP contribution >= 0.6 is 23.4 Å². The van der Waals surface area contributed by atoms with Crippen molar-refractivity contribution in [2.24, 2.45) is 0 Å². The number of imide groups is 1. The van der Waals surface area contributed by atoms with Gasteiger partial charge in [0.05, 0.1) is 16.0 Å². The zero-order valence-corrected chi connectivity index (χ0v) is 13.5. The van der Waals surface area contributed by atoms with Gasteiger partial charge in [0.2, 0.25) is 0 Å². The molecule has 3 rings (SSSR count). The van der Waals surface area contributed by atoms with E-state index in [1.165, 1.54) is 19.3 Å². The number of carbonyl (C=O) groups excluding carboxylic acids is 2. The average molecular weight is 338 g/mol. The molecule has 0 atom stereocenters. The second-order valence-electron chi connectivity index (χ2n) is 5.42. The van der Waals surface area contributed by atoms with Crippen LogP contribution in [0, 0.1) is 0 Å². The molecular weight excluding hydrogens is 322 g/mol. The van der Waals surface area contributed by atoms with Crippen LogP contribution in [-0.4, -0.2) is 17.3 Å². The highest BCUT2D eigenvalue weighted by molar-refractivity contribution is 8.18. The molecule has 116 valence electrons. The maximum Gasteiger partial charge on any atom is 0.290 e. The first-order valence-corrected chi connectivity index (χ1v) is 8.52. The lowest BCUT2D eigenvalue weighted by atomic mass is 9.98. The van der Waals surface area contributed by atoms with Crippen molar-refractivity contribution in [2.75, 3.05) is 0 Å². The Balaban J connectivity index is 1.73. The van der Waals surface area contributed by atoms with E-state index < -0.39 is 0 Å². The molecule has 1 aromatic carbocycles. The number of hydrogen-bond donors (Lipinski definition) is 1. The van der Waals surface area contributed by atoms with Crippen molar-refractivity contribution in [3.63, 3.8) is 0 Å². The highest BCUT2D eigenvalue weighted by Crippen LogP contribution is 2.32. The molecule has 0 aromatic heterocycles. The molecule has 1 heterocycles. The van der Waals surface area contributed by atoms with Gasteiger partial charge < -0.3 is 4.74 Å². The average Bonchev–Trinajstić information content (AvgIpc) is 2.81. The number of halogens is 1. The highest BCUT2D eigenvalue weighted by atomic mass is 35.5. The first-order chi connectivity index (χ1) is 10.6. The third kappa shape index (κ3) is 3.65. The molecule has 4 nitrogen and oxygen atoms in total. The Morgan fingerprint density at radius 3 is 2.64 bits per heavy atom. The quantitative estimate of drug-likeness (QED) is 0.832. The SMILES string of the molecule is O=C1NC(=O)/C(=C\c2ccc(OC3CCCCC3)c(Cl)c2)S1. The molecule has 1 N–H and O–H groups in total. The van der Waals surface area contributed by atoms with Crippen LogP contribution in [0.4, 0.5) is 4.79 Å². The molecule has 1 saturated carbocycles. The van der Waals surface area contributed by atoms with Gasteiger partial charge in [-0.15, -0.1) is 0 Å². The number of ether oxygens (including phenoxy) is 1. The second kappa shape index (κ2) is 6.75. The fraction of sp³-hybridized carbons (Fsp3) is 0.375. The summed E-state index contributed by atoms with van der Waals surface area (Å²) in [5, 5.41) is 2.40. The van der Waals surface area contributed by atoms with Gasteiger partial charge in [-0.2, -0.15) is 0 Å². The monoisotopic (exact) mass is 337 g/mol. The van der Waals surface area contributed by atoms with E-state index in [1.54, 1.807) is 12.1 Å². The van der Waals surface area contributed by atoms with Crippen molar-refractivity contribution in [1.82, 2.24) is 5.32 Å². The molecule has 0 spiro atoms. The van der Waals surface area contributed by atoms with E-state index in [0.717, 1.165) is 30.2 Å². The summed E-state index contributed by atoms with van der Waals surface area (Å²) in [6.07, 6.45) is 7.71. The lowest BCUT2D eigenvalue weighted by Crippen LogP contribution is -2.19. The maximum atomic E-state index is 11.5. The van der Waals surface area contributed by atoms with E-state index in [9.17, 15) is 9.59 Å². The van der Waals surface area contributed by atoms with E-state index >= 15 is 0 Å². The van der Waals surface area contributed by atoms with Crippen molar-refractivity contribution >= 4 is 40.6 Å². The lowest BCUT2D eigenvalue weighted by molar-refractivity contribution is -0.115. The molecule has 0 radical (unpaired) electrons. The van der Waals surface area contributed by atoms with Crippen LogP contribution < -0.4 is 10.1 Å². The smallest absolute Gasteiger partial charge is 0.290 e. The number of rotatable bonds is 3. The standard InChI is InChI=1S/C16H16ClNO3S/c17-12-8-10(9-14-15(19)18-16(20)22-14)6-7-13(12)21-11-4-2-1-3-5-11/h6-9,11H,1-5H2,(H,18,19,20)/b14-9+. The predicted octanol–water partition coefficient (Wildman–Crippen LogP) is 4.38. The highest BCUT2D eigenvalue weighted by Gasteiger charge is 2.25. The minimum atomic E-state index is -0.367. The van der Waals surface area contributed by atoms with E-state index in [2.05, 4.69) is 5.32 Å². The molecule has 2 amide bonds. The van der Waals surface area contributed by atoms with Gasteiger partial charge in [-0.25, -0.2) is 0 Å². The molecule has 2 fully saturated rings. The fourth-order valence-electron chi connectivity index (χ4n) is 2.64. The summed E-state index contributed by atoms with van der Waals surface area (Å²) in [4.78, 5) is 23.0. The van der Waals surface area contributed by atoms with E-state index in [-0.39, 0.29) is 17.3 Å². The minimum absolute atomic E-state index is 0.240. The van der Waals surface area contributed by atoms with Gasteiger partial charge in [0.25, 0.3) is 11.1 Å². The molecule has 2 aliphatic rings. The number of hydrogen-bond acceptors (Lipinski definition) is 4. The fourth-order valence-corrected chi connectivity index (χ4v) is 3.55. The first-order valence-electron chi connectivity index (χ1n) is 7.33. The molecule has 6 heteroatoms. The van der Waals surface area contributed by atoms with Gasteiger partial charge >= 0.3 is 0 Å². The van der Waals surface area contributed by atoms with Gasteiger partial charge in [0.15, 0.2) is 0 Å². The maximum absolute atomic E-state index is 11.5. The number of nitrogens with one attached hydrogen (secondary N) is 1. The van der Waals surface area contributed by atoms with E-state index in [4.69, 9.17) is 16.3 Å². The van der Waals surface area contributed by atoms with Crippen molar-refractivity contribution in [3.05, 3.63) is 33.7 Å². The van der Waals surface area contributed by atoms with Gasteiger partial charge in [-0.3, -0.25) is 14.9 Å². The van der Waals surface area contributed by atoms with Crippen LogP contribution in [0.5, 0.6) is 5.75 Å². The van der Waals surface area contributed by atoms with Crippen LogP contribution in [-0.2, 0) is 4.79 Å². The van der Waals surface area contributed by atoms with Gasteiger partial charge in [-0.1, -0.05) is 24.1 Å². The van der Waals surface area contributed by atoms with Gasteiger partial charge in [0, 0.05) is 0 Å². The van der Waals surface area contributed by atoms with E-state index in [0.29, 0.717) is 15.7 Å². The summed E-state index contributed by atoms with van der Waals surface area (Å²) in [5.41, 5.74) is 0.772. The van der Waals surface area contributed by atoms with Gasteiger partial charge in [0.1, 0.15) is 5.75 Å². The molecule has 1 saturated heterocycles. The topological polar surface area (TPSA) is 55.4 Å². The lowest BCUT2D eigenvalue weighted by Gasteiger charge is -2.23. The van der Waals surface area contributed by atoms with Crippen molar-refractivity contribution in [3.8, 4) is 5.75 Å². The molecule has 0 bridgehead atoms. The number of amides is 2. The largest absolute Gasteiger partial charge is 0.489 e. The molecule has 1 aliphatic carbocycles. The molecule has 1 aliphatic heterocycles. The molecule has 0 unspecified atom stereocenters. The molecule has 22 heavy (non-hydrogen) atoms. The van der Waals surface area contributed by atoms with Crippen molar-refractivity contribution in [1.29, 1.82) is 0 Å². The Hall–Kier alpha value is -1.46. The zero-order chi connectivity index (χ0) is 15.5. The van der Waals surface area contributed by atoms with Crippen LogP contribution in [0.3, 0.4) is 0 Å². The number of benzene rings is 1. The number of thioether (sulfide) groups is 1. The summed E-state index contributed by atoms with van der Waals surface area (Å²) >= 11 is 7.16. The van der Waals surface area contributed by atoms with Crippen molar-refractivity contribution in [2.45, 2.75) is 38.2 Å². The normalized spacial score (nSPS) is 21.2. The summed E-state index contributed by atoms with van der Waals surface area (Å²) in [6.45, 7) is 0. The third-order valence-corrected chi connectivity index (χ3v) is 4.85. The predicted molar refractivity (Wildman–Crippen MR) is 88.1 cm³/mol. The summed E-state index contributed by atoms with van der Waals surface area (Å²) in [7, 11) is 0. The first kappa shape index (κ1) is 15.4. The van der Waals surface area contributed by atoms with Crippen LogP contribution in [0.2, 0.25) is 5.02 Å². The minimum Gasteiger partial charge on any atom is -0.489 e. The molecular formula is C16H16ClNO3S. The Kier molecular flexibility index (Phi) is 4.74. The van der Waals surface area contributed by atoms with Gasteiger partial charge in [-0.05, 0) is 61.2 Å². The Morgan fingerprint density at radius 2 is 2.00 bits per heavy atom. The Morgan fingerprint density at radius 1 is 1.23 bits per heavy atom. The van der Waals surface area contributed by atoms with Crippen LogP contribution in [0.1, 0.15) is 37.7 Å². The van der Waals surface area contributed by atoms with E-state index in [1.807, 2.05) is 12.1 Å². The van der Waals surface area contributed by atoms with Crippen LogP contribution in [0.15, 0.2) is 23.1 Å². The van der Waals surface area contributed by atoms with Crippen molar-refractivity contribution < 1.29 is 14.3 Å². The summed E-state index contributed by atoms with van der Waals surface area (Å²) in [6, 6.07) is 5.42. The Bertz CT molecular complexity index is 638. The number of carbonyl (C=O) groups is 2. The third-order valence-electron chi connectivity index (χ3n) is 3.74. The Labute approximate surface area is 138 Å². The van der Waals surface area contributed by atoms with Crippen LogP contribution in [0.25, 0.3) is 6.08 Å². The molecule has 1 aromatic rings. The summed E-state index contributed by atoms with van der Waals surface area (Å²) in [5.74, 6) is 0.309. The second-order valence-corrected chi connectivity index (χ2v) is 6.84. The summed E-state index contributed by atoms with van der Waals surface area (Å²) < 4.78 is 5.96.